The van der Waals surface area contributed by atoms with Gasteiger partial charge in [-0.15, -0.1) is 0 Å². The van der Waals surface area contributed by atoms with Gasteiger partial charge in [-0.05, 0) is 6.42 Å². The van der Waals surface area contributed by atoms with E-state index in [0.717, 1.165) is 6.42 Å². The molecule has 0 aromatic rings. The molecular weight excluding hydrogens is 132 g/mol. The van der Waals surface area contributed by atoms with Crippen molar-refractivity contribution in [1.29, 1.82) is 0 Å². The van der Waals surface area contributed by atoms with Crippen molar-refractivity contribution in [3.05, 3.63) is 0 Å². The van der Waals surface area contributed by atoms with Crippen LogP contribution in [0, 0.1) is 0 Å². The van der Waals surface area contributed by atoms with E-state index in [1.54, 1.807) is 0 Å². The van der Waals surface area contributed by atoms with Crippen molar-refractivity contribution in [2.75, 3.05) is 5.75 Å². The lowest BCUT2D eigenvalue weighted by Gasteiger charge is -1.98. The molecule has 0 saturated heterocycles. The highest BCUT2D eigenvalue weighted by molar-refractivity contribution is 8.69. The van der Waals surface area contributed by atoms with Crippen molar-refractivity contribution in [3.63, 3.8) is 0 Å². The van der Waals surface area contributed by atoms with Crippen molar-refractivity contribution in [1.82, 2.24) is 0 Å². The molecule has 7 heavy (non-hydrogen) atoms. The fraction of sp³-hybridized carbons (Fsp3) is 1.00. The normalized spacial score (nSPS) is 14.1. The van der Waals surface area contributed by atoms with E-state index >= 15 is 0 Å². The molecule has 0 amide bonds. The van der Waals surface area contributed by atoms with Gasteiger partial charge in [0, 0.05) is 10.2 Å². The van der Waals surface area contributed by atoms with Crippen LogP contribution in [0.25, 0.3) is 0 Å². The SMILES string of the molecule is CCC[S+]([O-])SO. The molecule has 0 saturated carbocycles. The molecule has 0 aromatic carbocycles. The van der Waals surface area contributed by atoms with Crippen molar-refractivity contribution in [3.8, 4) is 0 Å². The van der Waals surface area contributed by atoms with E-state index in [1.165, 1.54) is 0 Å². The van der Waals surface area contributed by atoms with Crippen LogP contribution in [-0.4, -0.2) is 14.9 Å². The maximum absolute atomic E-state index is 10.2. The minimum atomic E-state index is -1.05. The third-order valence-electron chi connectivity index (χ3n) is 0.454. The van der Waals surface area contributed by atoms with Crippen LogP contribution in [0.1, 0.15) is 13.3 Å². The van der Waals surface area contributed by atoms with Crippen LogP contribution in [0.3, 0.4) is 0 Å². The Kier molecular flexibility index (Phi) is 5.19. The van der Waals surface area contributed by atoms with Crippen LogP contribution in [0.4, 0.5) is 0 Å². The minimum Gasteiger partial charge on any atom is -0.603 e. The number of hydrogen-bond donors (Lipinski definition) is 1. The third kappa shape index (κ3) is 4.47. The van der Waals surface area contributed by atoms with Gasteiger partial charge in [0.1, 0.15) is 5.75 Å². The van der Waals surface area contributed by atoms with Gasteiger partial charge in [-0.25, -0.2) is 0 Å². The molecule has 0 aliphatic heterocycles. The molecule has 0 heterocycles. The van der Waals surface area contributed by atoms with Crippen LogP contribution < -0.4 is 0 Å². The molecule has 0 aromatic heterocycles. The number of hydrogen-bond acceptors (Lipinski definition) is 3. The van der Waals surface area contributed by atoms with E-state index in [1.807, 2.05) is 6.92 Å². The molecule has 0 rings (SSSR count). The summed E-state index contributed by atoms with van der Waals surface area (Å²) >= 11 is 0.422. The largest absolute Gasteiger partial charge is 0.603 e. The Bertz CT molecular complexity index is 41.9. The quantitative estimate of drug-likeness (QED) is 0.364. The first kappa shape index (κ1) is 7.62. The average Bonchev–Trinajstić information content (AvgIpc) is 1.68. The molecular formula is C3H8O2S2. The van der Waals surface area contributed by atoms with E-state index in [-0.39, 0.29) is 0 Å². The zero-order chi connectivity index (χ0) is 5.70. The molecule has 1 unspecified atom stereocenters. The first-order chi connectivity index (χ1) is 3.31. The van der Waals surface area contributed by atoms with E-state index in [4.69, 9.17) is 4.55 Å². The topological polar surface area (TPSA) is 43.3 Å². The Morgan fingerprint density at radius 2 is 2.43 bits per heavy atom. The Balaban J connectivity index is 2.83. The first-order valence-electron chi connectivity index (χ1n) is 2.01. The minimum absolute atomic E-state index is 0.422. The van der Waals surface area contributed by atoms with Crippen LogP contribution in [0.2, 0.25) is 0 Å². The molecule has 1 N–H and O–H groups in total. The van der Waals surface area contributed by atoms with E-state index < -0.39 is 10.2 Å². The fourth-order valence-corrected chi connectivity index (χ4v) is 1.34. The Morgan fingerprint density at radius 3 is 2.57 bits per heavy atom. The molecule has 0 radical (unpaired) electrons. The highest BCUT2D eigenvalue weighted by Gasteiger charge is 2.01. The Hall–Kier alpha value is 0.620. The van der Waals surface area contributed by atoms with Gasteiger partial charge in [-0.3, -0.25) is 4.55 Å². The summed E-state index contributed by atoms with van der Waals surface area (Å²) in [6.45, 7) is 1.92. The second kappa shape index (κ2) is 4.77. The summed E-state index contributed by atoms with van der Waals surface area (Å²) in [6.07, 6.45) is 0.861. The van der Waals surface area contributed by atoms with Crippen LogP contribution >= 0.6 is 11.1 Å². The predicted octanol–water partition coefficient (Wildman–Crippen LogP) is 1.27. The van der Waals surface area contributed by atoms with Crippen LogP contribution in [-0.2, 0) is 10.2 Å². The lowest BCUT2D eigenvalue weighted by atomic mass is 10.6. The average molecular weight is 140 g/mol. The van der Waals surface area contributed by atoms with Gasteiger partial charge in [-0.2, -0.15) is 0 Å². The maximum atomic E-state index is 10.2. The second-order valence-electron chi connectivity index (χ2n) is 1.08. The predicted molar refractivity (Wildman–Crippen MR) is 33.5 cm³/mol. The van der Waals surface area contributed by atoms with Gasteiger partial charge in [0.25, 0.3) is 11.1 Å². The van der Waals surface area contributed by atoms with Crippen LogP contribution in [0.5, 0.6) is 0 Å². The highest BCUT2D eigenvalue weighted by Crippen LogP contribution is 2.07. The molecule has 4 heteroatoms. The monoisotopic (exact) mass is 140 g/mol. The smallest absolute Gasteiger partial charge is 0.254 e. The summed E-state index contributed by atoms with van der Waals surface area (Å²) in [7, 11) is -1.05. The van der Waals surface area contributed by atoms with Gasteiger partial charge in [0.05, 0.1) is 0 Å². The van der Waals surface area contributed by atoms with Crippen LogP contribution in [0.15, 0.2) is 0 Å². The number of rotatable bonds is 3. The molecule has 0 aliphatic rings. The molecule has 0 bridgehead atoms. The van der Waals surface area contributed by atoms with Crippen molar-refractivity contribution >= 4 is 21.3 Å². The summed E-state index contributed by atoms with van der Waals surface area (Å²) < 4.78 is 18.3. The fourth-order valence-electron chi connectivity index (χ4n) is 0.204. The molecule has 0 fully saturated rings. The Labute approximate surface area is 50.1 Å². The third-order valence-corrected chi connectivity index (χ3v) is 2.36. The van der Waals surface area contributed by atoms with Gasteiger partial charge >= 0.3 is 0 Å². The Morgan fingerprint density at radius 1 is 1.86 bits per heavy atom. The molecule has 44 valence electrons. The summed E-state index contributed by atoms with van der Waals surface area (Å²) in [6, 6.07) is 0. The maximum Gasteiger partial charge on any atom is 0.254 e. The lowest BCUT2D eigenvalue weighted by molar-refractivity contribution is 0.601. The molecule has 2 nitrogen and oxygen atoms in total. The summed E-state index contributed by atoms with van der Waals surface area (Å²) in [5, 5.41) is 0. The van der Waals surface area contributed by atoms with E-state index in [0.29, 0.717) is 16.8 Å². The zero-order valence-corrected chi connectivity index (χ0v) is 5.72. The zero-order valence-electron chi connectivity index (χ0n) is 4.09. The van der Waals surface area contributed by atoms with E-state index in [9.17, 15) is 4.55 Å². The summed E-state index contributed by atoms with van der Waals surface area (Å²) in [4.78, 5) is 0. The first-order valence-corrected chi connectivity index (χ1v) is 4.62. The molecule has 1 atom stereocenters. The van der Waals surface area contributed by atoms with Crippen molar-refractivity contribution < 1.29 is 9.11 Å². The van der Waals surface area contributed by atoms with E-state index in [2.05, 4.69) is 0 Å². The van der Waals surface area contributed by atoms with Gasteiger partial charge in [0.2, 0.25) is 0 Å². The molecule has 0 aliphatic carbocycles. The highest BCUT2D eigenvalue weighted by atomic mass is 33.1. The van der Waals surface area contributed by atoms with Crippen molar-refractivity contribution in [2.24, 2.45) is 0 Å². The summed E-state index contributed by atoms with van der Waals surface area (Å²) in [5.74, 6) is 0.584. The van der Waals surface area contributed by atoms with Gasteiger partial charge < -0.3 is 4.55 Å². The van der Waals surface area contributed by atoms with Gasteiger partial charge in [0.15, 0.2) is 0 Å². The standard InChI is InChI=1S/C3H8O2S2/c1-2-3-7(5)6-4/h4H,2-3H2,1H3. The van der Waals surface area contributed by atoms with Crippen molar-refractivity contribution in [2.45, 2.75) is 13.3 Å². The molecule has 0 spiro atoms. The van der Waals surface area contributed by atoms with Gasteiger partial charge in [-0.1, -0.05) is 6.92 Å². The lowest BCUT2D eigenvalue weighted by Crippen LogP contribution is -1.97. The second-order valence-corrected chi connectivity index (χ2v) is 3.81. The summed E-state index contributed by atoms with van der Waals surface area (Å²) in [5.41, 5.74) is 0.